The Morgan fingerprint density at radius 2 is 1.78 bits per heavy atom. The lowest BCUT2D eigenvalue weighted by Gasteiger charge is -2.25. The number of aryl methyl sites for hydroxylation is 1. The lowest BCUT2D eigenvalue weighted by Crippen LogP contribution is -2.35. The van der Waals surface area contributed by atoms with E-state index >= 15 is 0 Å². The van der Waals surface area contributed by atoms with E-state index in [9.17, 15) is 13.6 Å². The molecule has 0 saturated heterocycles. The lowest BCUT2D eigenvalue weighted by molar-refractivity contribution is 0.0711. The largest absolute Gasteiger partial charge is 0.331 e. The Balaban J connectivity index is 1.87. The maximum Gasteiger partial charge on any atom is 0.257 e. The summed E-state index contributed by atoms with van der Waals surface area (Å²) < 4.78 is 30.4. The molecule has 0 spiro atoms. The van der Waals surface area contributed by atoms with Crippen molar-refractivity contribution in [2.45, 2.75) is 79.4 Å². The van der Waals surface area contributed by atoms with Crippen LogP contribution in [-0.4, -0.2) is 45.4 Å². The maximum absolute atomic E-state index is 14.4. The predicted octanol–water partition coefficient (Wildman–Crippen LogP) is 7.04. The Hall–Kier alpha value is -2.80. The van der Waals surface area contributed by atoms with Crippen LogP contribution in [0.25, 0.3) is 11.0 Å². The zero-order valence-electron chi connectivity index (χ0n) is 23.1. The normalized spacial score (nSPS) is 11.7. The van der Waals surface area contributed by atoms with Crippen LogP contribution < -0.4 is 0 Å². The van der Waals surface area contributed by atoms with Gasteiger partial charge in [-0.2, -0.15) is 0 Å². The van der Waals surface area contributed by atoms with Crippen molar-refractivity contribution in [2.75, 3.05) is 20.1 Å². The van der Waals surface area contributed by atoms with Crippen molar-refractivity contribution in [2.24, 2.45) is 5.92 Å². The topological polar surface area (TPSA) is 41.4 Å². The van der Waals surface area contributed by atoms with Gasteiger partial charge in [-0.15, -0.1) is 0 Å². The van der Waals surface area contributed by atoms with E-state index in [4.69, 9.17) is 4.98 Å². The Bertz CT molecular complexity index is 1170. The van der Waals surface area contributed by atoms with E-state index in [1.807, 2.05) is 13.8 Å². The molecule has 202 valence electrons. The first-order valence-electron chi connectivity index (χ1n) is 13.6. The van der Waals surface area contributed by atoms with Crippen molar-refractivity contribution in [1.29, 1.82) is 0 Å². The van der Waals surface area contributed by atoms with E-state index in [0.29, 0.717) is 6.54 Å². The Labute approximate surface area is 220 Å². The molecule has 0 aliphatic carbocycles. The zero-order chi connectivity index (χ0) is 26.9. The first kappa shape index (κ1) is 28.8. The fraction of sp³-hybridized carbons (Fsp3) is 0.533. The van der Waals surface area contributed by atoms with Crippen LogP contribution in [0.3, 0.4) is 0 Å². The maximum atomic E-state index is 14.4. The molecule has 37 heavy (non-hydrogen) atoms. The molecule has 1 aromatic heterocycles. The highest BCUT2D eigenvalue weighted by Gasteiger charge is 2.24. The Morgan fingerprint density at radius 3 is 2.49 bits per heavy atom. The average molecular weight is 513 g/mol. The van der Waals surface area contributed by atoms with E-state index < -0.39 is 17.5 Å². The van der Waals surface area contributed by atoms with Crippen molar-refractivity contribution >= 4 is 16.9 Å². The number of carbonyl (C=O) groups is 1. The number of halogens is 2. The molecular formula is C30H42F2N4O. The van der Waals surface area contributed by atoms with Gasteiger partial charge in [-0.25, -0.2) is 13.8 Å². The minimum absolute atomic E-state index is 0.157. The van der Waals surface area contributed by atoms with Gasteiger partial charge in [-0.05, 0) is 68.2 Å². The molecule has 0 unspecified atom stereocenters. The van der Waals surface area contributed by atoms with Gasteiger partial charge in [0.25, 0.3) is 5.91 Å². The van der Waals surface area contributed by atoms with Crippen LogP contribution in [-0.2, 0) is 19.6 Å². The van der Waals surface area contributed by atoms with Crippen molar-refractivity contribution in [1.82, 2.24) is 19.4 Å². The van der Waals surface area contributed by atoms with Gasteiger partial charge in [0.15, 0.2) is 0 Å². The highest BCUT2D eigenvalue weighted by molar-refractivity contribution is 5.94. The van der Waals surface area contributed by atoms with Crippen LogP contribution in [0.5, 0.6) is 0 Å². The predicted molar refractivity (Wildman–Crippen MR) is 146 cm³/mol. The third-order valence-corrected chi connectivity index (χ3v) is 6.55. The number of fused-ring (bicyclic) bond motifs is 1. The van der Waals surface area contributed by atoms with Crippen molar-refractivity contribution in [3.05, 3.63) is 65.0 Å². The second-order valence-electron chi connectivity index (χ2n) is 10.5. The highest BCUT2D eigenvalue weighted by Crippen LogP contribution is 2.22. The minimum atomic E-state index is -0.717. The summed E-state index contributed by atoms with van der Waals surface area (Å²) in [6.07, 6.45) is 5.89. The van der Waals surface area contributed by atoms with Crippen LogP contribution >= 0.6 is 0 Å². The summed E-state index contributed by atoms with van der Waals surface area (Å²) in [7, 11) is 2.15. The molecule has 0 N–H and O–H groups in total. The lowest BCUT2D eigenvalue weighted by atomic mass is 10.1. The van der Waals surface area contributed by atoms with Gasteiger partial charge in [0.2, 0.25) is 0 Å². The highest BCUT2D eigenvalue weighted by atomic mass is 19.1. The fourth-order valence-electron chi connectivity index (χ4n) is 4.78. The first-order chi connectivity index (χ1) is 17.7. The molecule has 0 atom stereocenters. The van der Waals surface area contributed by atoms with Gasteiger partial charge in [-0.3, -0.25) is 4.79 Å². The average Bonchev–Trinajstić information content (AvgIpc) is 3.18. The number of hydrogen-bond donors (Lipinski definition) is 0. The number of hydrogen-bond acceptors (Lipinski definition) is 3. The SMILES string of the molecule is CCCCCCN(C)Cc1ccc2c(c1)nc(CN(CC(C)C)C(=O)c1cc(F)ccc1F)n2CCC. The van der Waals surface area contributed by atoms with E-state index in [2.05, 4.69) is 48.6 Å². The summed E-state index contributed by atoms with van der Waals surface area (Å²) in [4.78, 5) is 22.2. The molecular weight excluding hydrogens is 470 g/mol. The summed E-state index contributed by atoms with van der Waals surface area (Å²) >= 11 is 0. The number of rotatable bonds is 14. The molecule has 1 heterocycles. The number of benzene rings is 2. The number of unbranched alkanes of at least 4 members (excludes halogenated alkanes) is 3. The number of aromatic nitrogens is 2. The molecule has 0 bridgehead atoms. The van der Waals surface area contributed by atoms with Crippen molar-refractivity contribution in [3.63, 3.8) is 0 Å². The van der Waals surface area contributed by atoms with Gasteiger partial charge in [0.1, 0.15) is 17.5 Å². The molecule has 5 nitrogen and oxygen atoms in total. The molecule has 0 aliphatic heterocycles. The standard InChI is InChI=1S/C30H42F2N4O/c1-6-8-9-10-16-34(5)20-23-11-14-28-27(17-23)33-29(36(28)15-7-2)21-35(19-22(3)4)30(37)25-18-24(31)12-13-26(25)32/h11-14,17-18,22H,6-10,15-16,19-21H2,1-5H3. The summed E-state index contributed by atoms with van der Waals surface area (Å²) in [6, 6.07) is 9.41. The van der Waals surface area contributed by atoms with Gasteiger partial charge in [0, 0.05) is 19.6 Å². The van der Waals surface area contributed by atoms with Gasteiger partial charge in [-0.1, -0.05) is 53.0 Å². The summed E-state index contributed by atoms with van der Waals surface area (Å²) in [5, 5.41) is 0. The van der Waals surface area contributed by atoms with E-state index in [0.717, 1.165) is 61.1 Å². The molecule has 7 heteroatoms. The number of nitrogens with zero attached hydrogens (tertiary/aromatic N) is 4. The molecule has 1 amide bonds. The van der Waals surface area contributed by atoms with Gasteiger partial charge < -0.3 is 14.4 Å². The summed E-state index contributed by atoms with van der Waals surface area (Å²) in [5.41, 5.74) is 2.88. The summed E-state index contributed by atoms with van der Waals surface area (Å²) in [5.74, 6) is -0.955. The third kappa shape index (κ3) is 7.84. The molecule has 0 aliphatic rings. The molecule has 0 saturated carbocycles. The number of imidazole rings is 1. The van der Waals surface area contributed by atoms with Crippen LogP contribution in [0.1, 0.15) is 81.5 Å². The van der Waals surface area contributed by atoms with E-state index in [1.54, 1.807) is 4.90 Å². The van der Waals surface area contributed by atoms with Gasteiger partial charge in [0.05, 0.1) is 23.1 Å². The molecule has 3 rings (SSSR count). The second-order valence-corrected chi connectivity index (χ2v) is 10.5. The molecule has 3 aromatic rings. The number of amides is 1. The van der Waals surface area contributed by atoms with E-state index in [1.165, 1.54) is 31.2 Å². The first-order valence-corrected chi connectivity index (χ1v) is 13.6. The zero-order valence-corrected chi connectivity index (χ0v) is 23.1. The van der Waals surface area contributed by atoms with Crippen LogP contribution in [0.15, 0.2) is 36.4 Å². The number of carbonyl (C=O) groups excluding carboxylic acids is 1. The summed E-state index contributed by atoms with van der Waals surface area (Å²) in [6.45, 7) is 11.7. The monoisotopic (exact) mass is 512 g/mol. The van der Waals surface area contributed by atoms with Crippen LogP contribution in [0, 0.1) is 17.6 Å². The quantitative estimate of drug-likeness (QED) is 0.218. The third-order valence-electron chi connectivity index (χ3n) is 6.55. The van der Waals surface area contributed by atoms with E-state index in [-0.39, 0.29) is 18.0 Å². The van der Waals surface area contributed by atoms with Crippen molar-refractivity contribution in [3.8, 4) is 0 Å². The van der Waals surface area contributed by atoms with Crippen LogP contribution in [0.4, 0.5) is 8.78 Å². The molecule has 0 fully saturated rings. The molecule has 2 aromatic carbocycles. The van der Waals surface area contributed by atoms with Gasteiger partial charge >= 0.3 is 0 Å². The Morgan fingerprint density at radius 1 is 1.00 bits per heavy atom. The van der Waals surface area contributed by atoms with Crippen molar-refractivity contribution < 1.29 is 13.6 Å². The fourth-order valence-corrected chi connectivity index (χ4v) is 4.78. The van der Waals surface area contributed by atoms with Crippen LogP contribution in [0.2, 0.25) is 0 Å². The smallest absolute Gasteiger partial charge is 0.257 e. The minimum Gasteiger partial charge on any atom is -0.331 e. The molecule has 0 radical (unpaired) electrons. The Kier molecular flexibility index (Phi) is 10.6. The second kappa shape index (κ2) is 13.7.